The first-order valence-electron chi connectivity index (χ1n) is 11.4. The SMILES string of the molecule is CC(=O)Oc1ccccc1C(=O)OC(C)n1c(=O)[nH]c(=O)c2c(CCCC3(C)CC3)cc(=O)oc21. The fourth-order valence-corrected chi connectivity index (χ4v) is 4.10. The normalized spacial score (nSPS) is 14.9. The summed E-state index contributed by atoms with van der Waals surface area (Å²) in [6, 6.07) is 7.23. The molecule has 1 aliphatic rings. The van der Waals surface area contributed by atoms with E-state index in [1.165, 1.54) is 32.0 Å². The molecule has 35 heavy (non-hydrogen) atoms. The van der Waals surface area contributed by atoms with Gasteiger partial charge in [-0.25, -0.2) is 19.0 Å². The summed E-state index contributed by atoms with van der Waals surface area (Å²) in [5.41, 5.74) is -1.83. The van der Waals surface area contributed by atoms with Crippen molar-refractivity contribution < 1.29 is 23.5 Å². The molecular weight excluding hydrogens is 456 g/mol. The lowest BCUT2D eigenvalue weighted by atomic mass is 9.98. The summed E-state index contributed by atoms with van der Waals surface area (Å²) < 4.78 is 16.7. The van der Waals surface area contributed by atoms with Gasteiger partial charge in [0.2, 0.25) is 5.71 Å². The Balaban J connectivity index is 1.69. The largest absolute Gasteiger partial charge is 0.438 e. The third kappa shape index (κ3) is 5.26. The Kier molecular flexibility index (Phi) is 6.47. The van der Waals surface area contributed by atoms with E-state index < -0.39 is 35.0 Å². The molecule has 3 aromatic rings. The van der Waals surface area contributed by atoms with E-state index in [-0.39, 0.29) is 22.4 Å². The van der Waals surface area contributed by atoms with Crippen LogP contribution in [0.3, 0.4) is 0 Å². The Morgan fingerprint density at radius 2 is 1.91 bits per heavy atom. The summed E-state index contributed by atoms with van der Waals surface area (Å²) in [5, 5.41) is 0.0633. The van der Waals surface area contributed by atoms with Gasteiger partial charge < -0.3 is 13.9 Å². The highest BCUT2D eigenvalue weighted by Crippen LogP contribution is 2.49. The van der Waals surface area contributed by atoms with Crippen molar-refractivity contribution in [2.75, 3.05) is 0 Å². The second-order valence-corrected chi connectivity index (χ2v) is 9.16. The number of benzene rings is 1. The molecule has 1 saturated carbocycles. The predicted octanol–water partition coefficient (Wildman–Crippen LogP) is 3.07. The van der Waals surface area contributed by atoms with Gasteiger partial charge in [0.05, 0.1) is 0 Å². The fourth-order valence-electron chi connectivity index (χ4n) is 4.10. The molecule has 0 aliphatic heterocycles. The predicted molar refractivity (Wildman–Crippen MR) is 126 cm³/mol. The second-order valence-electron chi connectivity index (χ2n) is 9.16. The van der Waals surface area contributed by atoms with Gasteiger partial charge in [0.15, 0.2) is 6.23 Å². The van der Waals surface area contributed by atoms with Gasteiger partial charge in [0.1, 0.15) is 16.7 Å². The van der Waals surface area contributed by atoms with Crippen molar-refractivity contribution in [3.8, 4) is 5.75 Å². The Morgan fingerprint density at radius 1 is 1.20 bits per heavy atom. The molecule has 1 fully saturated rings. The van der Waals surface area contributed by atoms with Crippen LogP contribution in [0.25, 0.3) is 11.1 Å². The quantitative estimate of drug-likeness (QED) is 0.382. The zero-order valence-corrected chi connectivity index (χ0v) is 19.7. The van der Waals surface area contributed by atoms with Crippen LogP contribution >= 0.6 is 0 Å². The molecule has 184 valence electrons. The van der Waals surface area contributed by atoms with Gasteiger partial charge in [-0.3, -0.25) is 14.6 Å². The lowest BCUT2D eigenvalue weighted by Crippen LogP contribution is -2.35. The molecule has 1 N–H and O–H groups in total. The highest BCUT2D eigenvalue weighted by atomic mass is 16.6. The Labute approximate surface area is 199 Å². The van der Waals surface area contributed by atoms with Crippen molar-refractivity contribution in [3.05, 3.63) is 72.7 Å². The molecule has 0 amide bonds. The lowest BCUT2D eigenvalue weighted by Gasteiger charge is -2.18. The van der Waals surface area contributed by atoms with E-state index in [0.717, 1.165) is 30.3 Å². The third-order valence-corrected chi connectivity index (χ3v) is 6.24. The number of rotatable bonds is 8. The number of esters is 2. The minimum Gasteiger partial charge on any atom is -0.438 e. The van der Waals surface area contributed by atoms with Crippen LogP contribution in [0, 0.1) is 5.41 Å². The number of hydrogen-bond acceptors (Lipinski definition) is 8. The van der Waals surface area contributed by atoms with Crippen LogP contribution in [0.4, 0.5) is 0 Å². The van der Waals surface area contributed by atoms with Gasteiger partial charge >= 0.3 is 23.3 Å². The minimum absolute atomic E-state index is 0.00551. The van der Waals surface area contributed by atoms with Crippen molar-refractivity contribution in [2.45, 2.75) is 59.1 Å². The minimum atomic E-state index is -1.26. The van der Waals surface area contributed by atoms with Gasteiger partial charge in [0, 0.05) is 13.0 Å². The number of aryl methyl sites for hydroxylation is 1. The van der Waals surface area contributed by atoms with E-state index in [2.05, 4.69) is 11.9 Å². The fraction of sp³-hybridized carbons (Fsp3) is 0.400. The average molecular weight is 482 g/mol. The topological polar surface area (TPSA) is 138 Å². The monoisotopic (exact) mass is 482 g/mol. The molecule has 0 saturated heterocycles. The van der Waals surface area contributed by atoms with Crippen LogP contribution in [0.5, 0.6) is 5.75 Å². The molecule has 4 rings (SSSR count). The molecule has 10 nitrogen and oxygen atoms in total. The van der Waals surface area contributed by atoms with Crippen LogP contribution in [0.1, 0.15) is 68.6 Å². The first-order valence-corrected chi connectivity index (χ1v) is 11.4. The van der Waals surface area contributed by atoms with Gasteiger partial charge in [-0.1, -0.05) is 19.1 Å². The van der Waals surface area contributed by atoms with E-state index >= 15 is 0 Å². The van der Waals surface area contributed by atoms with Crippen LogP contribution < -0.4 is 21.6 Å². The molecule has 0 bridgehead atoms. The van der Waals surface area contributed by atoms with Crippen molar-refractivity contribution in [3.63, 3.8) is 0 Å². The maximum atomic E-state index is 12.8. The maximum absolute atomic E-state index is 12.8. The zero-order valence-electron chi connectivity index (χ0n) is 19.7. The summed E-state index contributed by atoms with van der Waals surface area (Å²) in [4.78, 5) is 64.1. The number of ether oxygens (including phenoxy) is 2. The second kappa shape index (κ2) is 9.36. The summed E-state index contributed by atoms with van der Waals surface area (Å²) in [6.45, 7) is 4.79. The van der Waals surface area contributed by atoms with E-state index in [0.29, 0.717) is 17.4 Å². The number of H-pyrrole nitrogens is 1. The van der Waals surface area contributed by atoms with Crippen LogP contribution in [-0.2, 0) is 16.0 Å². The molecule has 1 aromatic carbocycles. The Morgan fingerprint density at radius 3 is 2.60 bits per heavy atom. The van der Waals surface area contributed by atoms with Crippen molar-refractivity contribution in [1.82, 2.24) is 9.55 Å². The number of carbonyl (C=O) groups is 2. The molecule has 0 radical (unpaired) electrons. The molecular formula is C25H26N2O8. The number of hydrogen-bond donors (Lipinski definition) is 1. The van der Waals surface area contributed by atoms with Crippen LogP contribution in [-0.4, -0.2) is 21.5 Å². The van der Waals surface area contributed by atoms with Gasteiger partial charge in [-0.2, -0.15) is 0 Å². The van der Waals surface area contributed by atoms with Crippen LogP contribution in [0.2, 0.25) is 0 Å². The number of fused-ring (bicyclic) bond motifs is 1. The molecule has 1 aliphatic carbocycles. The van der Waals surface area contributed by atoms with E-state index in [1.54, 1.807) is 12.1 Å². The number of para-hydroxylation sites is 1. The maximum Gasteiger partial charge on any atom is 0.343 e. The number of nitrogens with zero attached hydrogens (tertiary/aromatic N) is 1. The van der Waals surface area contributed by atoms with E-state index in [4.69, 9.17) is 13.9 Å². The van der Waals surface area contributed by atoms with Crippen LogP contribution in [0.15, 0.2) is 49.1 Å². The summed E-state index contributed by atoms with van der Waals surface area (Å²) in [5.74, 6) is -1.50. The van der Waals surface area contributed by atoms with Crippen molar-refractivity contribution >= 4 is 23.0 Å². The van der Waals surface area contributed by atoms with Gasteiger partial charge in [0.25, 0.3) is 5.56 Å². The number of nitrogens with one attached hydrogen (secondary N) is 1. The smallest absolute Gasteiger partial charge is 0.343 e. The Bertz CT molecular complexity index is 1480. The average Bonchev–Trinajstić information content (AvgIpc) is 3.50. The first kappa shape index (κ1) is 24.2. The number of carbonyl (C=O) groups excluding carboxylic acids is 2. The molecule has 1 unspecified atom stereocenters. The highest BCUT2D eigenvalue weighted by molar-refractivity contribution is 5.93. The number of aromatic amines is 1. The number of aromatic nitrogens is 2. The Hall–Kier alpha value is -3.95. The summed E-state index contributed by atoms with van der Waals surface area (Å²) in [6.07, 6.45) is 3.25. The van der Waals surface area contributed by atoms with E-state index in [9.17, 15) is 24.0 Å². The van der Waals surface area contributed by atoms with E-state index in [1.807, 2.05) is 0 Å². The highest BCUT2D eigenvalue weighted by Gasteiger charge is 2.36. The molecule has 1 atom stereocenters. The standard InChI is InChI=1S/C25H26N2O8/c1-14(33-23(31)17-8-4-5-9-18(17)34-15(2)28)27-22-20(21(30)26-24(27)32)16(13-19(29)35-22)7-6-10-25(3)11-12-25/h4-5,8-9,13-14H,6-7,10-12H2,1-3H3,(H,26,30,32). The lowest BCUT2D eigenvalue weighted by molar-refractivity contribution is -0.131. The third-order valence-electron chi connectivity index (χ3n) is 6.24. The molecule has 10 heteroatoms. The molecule has 2 heterocycles. The zero-order chi connectivity index (χ0) is 25.3. The van der Waals surface area contributed by atoms with Gasteiger partial charge in [-0.15, -0.1) is 0 Å². The van der Waals surface area contributed by atoms with Gasteiger partial charge in [-0.05, 0) is 62.1 Å². The first-order chi connectivity index (χ1) is 16.6. The van der Waals surface area contributed by atoms with Crippen molar-refractivity contribution in [2.24, 2.45) is 5.41 Å². The summed E-state index contributed by atoms with van der Waals surface area (Å²) >= 11 is 0. The molecule has 0 spiro atoms. The van der Waals surface area contributed by atoms with Crippen molar-refractivity contribution in [1.29, 1.82) is 0 Å². The summed E-state index contributed by atoms with van der Waals surface area (Å²) in [7, 11) is 0. The molecule has 2 aromatic heterocycles.